The van der Waals surface area contributed by atoms with Gasteiger partial charge in [-0.25, -0.2) is 9.18 Å². The molecule has 36 heavy (non-hydrogen) atoms. The van der Waals surface area contributed by atoms with E-state index >= 15 is 0 Å². The van der Waals surface area contributed by atoms with Crippen molar-refractivity contribution >= 4 is 58.3 Å². The molecule has 0 atom stereocenters. The number of nitrogens with one attached hydrogen (secondary N) is 2. The van der Waals surface area contributed by atoms with Gasteiger partial charge < -0.3 is 15.4 Å². The lowest BCUT2D eigenvalue weighted by Gasteiger charge is -2.13. The predicted molar refractivity (Wildman–Crippen MR) is 141 cm³/mol. The van der Waals surface area contributed by atoms with Gasteiger partial charge in [0.1, 0.15) is 11.6 Å². The highest BCUT2D eigenvalue weighted by Crippen LogP contribution is 2.31. The van der Waals surface area contributed by atoms with Crippen molar-refractivity contribution in [1.29, 1.82) is 0 Å². The van der Waals surface area contributed by atoms with E-state index in [0.29, 0.717) is 38.2 Å². The Labute approximate surface area is 225 Å². The molecule has 0 aliphatic rings. The molecule has 2 N–H and O–H groups in total. The summed E-state index contributed by atoms with van der Waals surface area (Å²) < 4.78 is 20.4. The molecule has 0 unspecified atom stereocenters. The average Bonchev–Trinajstić information content (AvgIpc) is 3.26. The zero-order valence-electron chi connectivity index (χ0n) is 18.8. The topological polar surface area (TPSA) is 81.1 Å². The van der Waals surface area contributed by atoms with Crippen molar-refractivity contribution in [2.45, 2.75) is 17.5 Å². The lowest BCUT2D eigenvalue weighted by molar-refractivity contribution is 0.251. The van der Waals surface area contributed by atoms with E-state index in [0.717, 1.165) is 11.3 Å². The number of benzene rings is 3. The van der Waals surface area contributed by atoms with Crippen molar-refractivity contribution in [3.8, 4) is 11.4 Å². The van der Waals surface area contributed by atoms with Gasteiger partial charge in [-0.15, -0.1) is 10.2 Å². The van der Waals surface area contributed by atoms with Gasteiger partial charge >= 0.3 is 6.03 Å². The van der Waals surface area contributed by atoms with Crippen LogP contribution in [0.4, 0.5) is 14.9 Å². The normalized spacial score (nSPS) is 10.8. The SMILES string of the molecule is COc1cccc(CSc2nnc(CNC(=O)Nc3ccc(F)c(Cl)c3)n2-c2ccc(Cl)cc2Cl)c1. The molecule has 0 radical (unpaired) electrons. The first kappa shape index (κ1) is 26.1. The average molecular weight is 567 g/mol. The summed E-state index contributed by atoms with van der Waals surface area (Å²) in [5.74, 6) is 1.22. The molecule has 12 heteroatoms. The molecular weight excluding hydrogens is 548 g/mol. The smallest absolute Gasteiger partial charge is 0.319 e. The van der Waals surface area contributed by atoms with Crippen molar-refractivity contribution < 1.29 is 13.9 Å². The van der Waals surface area contributed by atoms with Crippen LogP contribution in [0.25, 0.3) is 5.69 Å². The van der Waals surface area contributed by atoms with Crippen molar-refractivity contribution in [2.24, 2.45) is 0 Å². The largest absolute Gasteiger partial charge is 0.497 e. The molecule has 3 aromatic carbocycles. The second-order valence-corrected chi connectivity index (χ2v) is 9.60. The number of hydrogen-bond donors (Lipinski definition) is 2. The van der Waals surface area contributed by atoms with E-state index in [-0.39, 0.29) is 11.6 Å². The number of anilines is 1. The standard InChI is InChI=1S/C24H19Cl3FN5O2S/c1-35-17-4-2-3-14(9-17)13-36-24-32-31-22(33(24)21-8-5-15(25)10-19(21)27)12-29-23(34)30-16-6-7-20(28)18(26)11-16/h2-11H,12-13H2,1H3,(H2,29,30,34). The molecule has 0 bridgehead atoms. The molecule has 0 aliphatic carbocycles. The molecule has 0 aliphatic heterocycles. The number of methoxy groups -OCH3 is 1. The number of carbonyl (C=O) groups is 1. The summed E-state index contributed by atoms with van der Waals surface area (Å²) in [7, 11) is 1.62. The minimum absolute atomic E-state index is 0.0342. The van der Waals surface area contributed by atoms with E-state index in [9.17, 15) is 9.18 Å². The summed E-state index contributed by atoms with van der Waals surface area (Å²) >= 11 is 19.8. The van der Waals surface area contributed by atoms with Crippen LogP contribution < -0.4 is 15.4 Å². The molecule has 0 saturated carbocycles. The number of ether oxygens (including phenoxy) is 1. The fraction of sp³-hybridized carbons (Fsp3) is 0.125. The van der Waals surface area contributed by atoms with Crippen LogP contribution in [0, 0.1) is 5.82 Å². The molecule has 1 aromatic heterocycles. The summed E-state index contributed by atoms with van der Waals surface area (Å²) in [6.45, 7) is 0.0342. The van der Waals surface area contributed by atoms with Gasteiger partial charge in [-0.2, -0.15) is 0 Å². The monoisotopic (exact) mass is 565 g/mol. The van der Waals surface area contributed by atoms with E-state index in [4.69, 9.17) is 39.5 Å². The van der Waals surface area contributed by atoms with Crippen LogP contribution in [0.15, 0.2) is 65.8 Å². The number of amides is 2. The second-order valence-electron chi connectivity index (χ2n) is 7.41. The van der Waals surface area contributed by atoms with Gasteiger partial charge in [0.05, 0.1) is 29.4 Å². The Morgan fingerprint density at radius 2 is 1.89 bits per heavy atom. The molecule has 2 amide bonds. The third-order valence-corrected chi connectivity index (χ3v) is 6.77. The first-order valence-electron chi connectivity index (χ1n) is 10.5. The molecule has 0 saturated heterocycles. The Hall–Kier alpha value is -2.98. The summed E-state index contributed by atoms with van der Waals surface area (Å²) in [5.41, 5.74) is 1.99. The lowest BCUT2D eigenvalue weighted by atomic mass is 10.2. The number of rotatable bonds is 8. The first-order chi connectivity index (χ1) is 17.3. The highest BCUT2D eigenvalue weighted by atomic mass is 35.5. The Morgan fingerprint density at radius 3 is 2.64 bits per heavy atom. The van der Waals surface area contributed by atoms with Crippen LogP contribution in [-0.2, 0) is 12.3 Å². The Bertz CT molecular complexity index is 1400. The Kier molecular flexibility index (Phi) is 8.58. The second kappa shape index (κ2) is 11.8. The van der Waals surface area contributed by atoms with Crippen molar-refractivity contribution in [1.82, 2.24) is 20.1 Å². The van der Waals surface area contributed by atoms with Crippen molar-refractivity contribution in [3.63, 3.8) is 0 Å². The number of hydrogen-bond acceptors (Lipinski definition) is 5. The van der Waals surface area contributed by atoms with Gasteiger partial charge in [0, 0.05) is 16.5 Å². The van der Waals surface area contributed by atoms with Crippen LogP contribution >= 0.6 is 46.6 Å². The third kappa shape index (κ3) is 6.41. The van der Waals surface area contributed by atoms with E-state index in [1.54, 1.807) is 29.9 Å². The number of nitrogens with zero attached hydrogens (tertiary/aromatic N) is 3. The number of carbonyl (C=O) groups excluding carboxylic acids is 1. The van der Waals surface area contributed by atoms with Crippen molar-refractivity contribution in [3.05, 3.63) is 92.9 Å². The fourth-order valence-corrected chi connectivity index (χ4v) is 4.81. The van der Waals surface area contributed by atoms with Gasteiger partial charge in [-0.3, -0.25) is 4.57 Å². The van der Waals surface area contributed by atoms with Gasteiger partial charge in [-0.1, -0.05) is 58.7 Å². The quantitative estimate of drug-likeness (QED) is 0.225. The molecule has 0 fully saturated rings. The minimum atomic E-state index is -0.574. The van der Waals surface area contributed by atoms with E-state index in [2.05, 4.69) is 20.8 Å². The van der Waals surface area contributed by atoms with Crippen LogP contribution in [0.1, 0.15) is 11.4 Å². The Morgan fingerprint density at radius 1 is 1.06 bits per heavy atom. The maximum atomic E-state index is 13.4. The van der Waals surface area contributed by atoms with Crippen molar-refractivity contribution in [2.75, 3.05) is 12.4 Å². The van der Waals surface area contributed by atoms with Crippen LogP contribution in [0.5, 0.6) is 5.75 Å². The maximum absolute atomic E-state index is 13.4. The van der Waals surface area contributed by atoms with Gasteiger partial charge in [-0.05, 0) is 54.1 Å². The van der Waals surface area contributed by atoms with Gasteiger partial charge in [0.25, 0.3) is 0 Å². The number of aromatic nitrogens is 3. The molecular formula is C24H19Cl3FN5O2S. The Balaban J connectivity index is 1.54. The number of thioether (sulfide) groups is 1. The van der Waals surface area contributed by atoms with E-state index in [1.165, 1.54) is 30.0 Å². The molecule has 1 heterocycles. The summed E-state index contributed by atoms with van der Waals surface area (Å²) in [5, 5.41) is 15.3. The zero-order chi connectivity index (χ0) is 25.7. The van der Waals surface area contributed by atoms with Gasteiger partial charge in [0.15, 0.2) is 11.0 Å². The first-order valence-corrected chi connectivity index (χ1v) is 12.6. The lowest BCUT2D eigenvalue weighted by Crippen LogP contribution is -2.29. The predicted octanol–water partition coefficient (Wildman–Crippen LogP) is 6.99. The third-order valence-electron chi connectivity index (χ3n) is 4.94. The molecule has 0 spiro atoms. The van der Waals surface area contributed by atoms with E-state index in [1.807, 2.05) is 24.3 Å². The minimum Gasteiger partial charge on any atom is -0.497 e. The number of urea groups is 1. The van der Waals surface area contributed by atoms with Crippen LogP contribution in [-0.4, -0.2) is 27.9 Å². The highest BCUT2D eigenvalue weighted by Gasteiger charge is 2.18. The van der Waals surface area contributed by atoms with Crippen LogP contribution in [0.2, 0.25) is 15.1 Å². The zero-order valence-corrected chi connectivity index (χ0v) is 21.9. The fourth-order valence-electron chi connectivity index (χ4n) is 3.23. The van der Waals surface area contributed by atoms with E-state index < -0.39 is 11.8 Å². The van der Waals surface area contributed by atoms with Crippen LogP contribution in [0.3, 0.4) is 0 Å². The summed E-state index contributed by atoms with van der Waals surface area (Å²) in [4.78, 5) is 12.4. The number of halogens is 4. The van der Waals surface area contributed by atoms with Gasteiger partial charge in [0.2, 0.25) is 0 Å². The summed E-state index contributed by atoms with van der Waals surface area (Å²) in [6.07, 6.45) is 0. The molecule has 4 aromatic rings. The summed E-state index contributed by atoms with van der Waals surface area (Å²) in [6, 6.07) is 16.2. The highest BCUT2D eigenvalue weighted by molar-refractivity contribution is 7.98. The maximum Gasteiger partial charge on any atom is 0.319 e. The molecule has 186 valence electrons. The molecule has 4 rings (SSSR count). The molecule has 7 nitrogen and oxygen atoms in total.